The molecule has 154 valence electrons. The molecule has 1 N–H and O–H groups in total. The molecule has 2 aliphatic rings. The first-order valence-corrected chi connectivity index (χ1v) is 11.2. The van der Waals surface area contributed by atoms with Crippen molar-refractivity contribution in [2.75, 3.05) is 12.9 Å². The van der Waals surface area contributed by atoms with Crippen LogP contribution in [0.1, 0.15) is 23.9 Å². The van der Waals surface area contributed by atoms with Gasteiger partial charge in [-0.2, -0.15) is 10.0 Å². The molecular formula is C21H21N5O2S2. The largest absolute Gasteiger partial charge is 0.497 e. The molecule has 2 aliphatic heterocycles. The number of hydrogen-bond donors (Lipinski definition) is 1. The number of hydrazone groups is 1. The van der Waals surface area contributed by atoms with Crippen molar-refractivity contribution < 1.29 is 9.53 Å². The highest BCUT2D eigenvalue weighted by atomic mass is 32.2. The van der Waals surface area contributed by atoms with E-state index in [1.807, 2.05) is 51.1 Å². The molecule has 2 aromatic rings. The molecule has 3 heterocycles. The fourth-order valence-corrected chi connectivity index (χ4v) is 5.20. The second kappa shape index (κ2) is 8.16. The van der Waals surface area contributed by atoms with Crippen LogP contribution < -0.4 is 4.74 Å². The van der Waals surface area contributed by atoms with Gasteiger partial charge in [-0.3, -0.25) is 10.2 Å². The van der Waals surface area contributed by atoms with Crippen LogP contribution in [0, 0.1) is 19.3 Å². The van der Waals surface area contributed by atoms with Gasteiger partial charge < -0.3 is 9.30 Å². The third kappa shape index (κ3) is 3.59. The fraction of sp³-hybridized carbons (Fsp3) is 0.238. The lowest BCUT2D eigenvalue weighted by Crippen LogP contribution is -2.35. The number of rotatable bonds is 4. The zero-order valence-electron chi connectivity index (χ0n) is 17.1. The van der Waals surface area contributed by atoms with Gasteiger partial charge in [-0.1, -0.05) is 18.7 Å². The topological polar surface area (TPSA) is 83.0 Å². The molecular weight excluding hydrogens is 418 g/mol. The van der Waals surface area contributed by atoms with Crippen molar-refractivity contribution in [1.82, 2.24) is 9.58 Å². The SMILES string of the molecule is CCSC1=NN2C(=N)/C(=C/c3cc(C)n(-c4ccc(OC)cc4)c3C)C(=O)N=C2S1. The van der Waals surface area contributed by atoms with Crippen LogP contribution >= 0.6 is 23.5 Å². The molecule has 0 fully saturated rings. The number of amides is 1. The smallest absolute Gasteiger partial charge is 0.283 e. The fourth-order valence-electron chi connectivity index (χ4n) is 3.37. The minimum Gasteiger partial charge on any atom is -0.497 e. The Balaban J connectivity index is 1.70. The number of aromatic nitrogens is 1. The minimum atomic E-state index is -0.411. The summed E-state index contributed by atoms with van der Waals surface area (Å²) in [4.78, 5) is 16.8. The third-order valence-corrected chi connectivity index (χ3v) is 6.73. The van der Waals surface area contributed by atoms with Crippen LogP contribution in [0.5, 0.6) is 5.75 Å². The number of benzene rings is 1. The van der Waals surface area contributed by atoms with Crippen molar-refractivity contribution in [2.45, 2.75) is 20.8 Å². The van der Waals surface area contributed by atoms with Crippen molar-refractivity contribution in [3.05, 3.63) is 52.9 Å². The molecule has 0 bridgehead atoms. The van der Waals surface area contributed by atoms with E-state index in [0.29, 0.717) is 5.17 Å². The summed E-state index contributed by atoms with van der Waals surface area (Å²) in [5, 5.41) is 14.8. The second-order valence-electron chi connectivity index (χ2n) is 6.68. The number of fused-ring (bicyclic) bond motifs is 1. The summed E-state index contributed by atoms with van der Waals surface area (Å²) in [6.45, 7) is 6.04. The predicted molar refractivity (Wildman–Crippen MR) is 125 cm³/mol. The number of nitrogens with zero attached hydrogens (tertiary/aromatic N) is 4. The standard InChI is InChI=1S/C21H21N5O2S2/c1-5-29-21-24-26-18(22)17(19(27)23-20(26)30-21)11-14-10-12(2)25(13(14)3)15-6-8-16(28-4)9-7-15/h6-11,22H,5H2,1-4H3/b17-11-,22-18?. The molecule has 1 aromatic heterocycles. The van der Waals surface area contributed by atoms with E-state index in [2.05, 4.69) is 14.7 Å². The van der Waals surface area contributed by atoms with E-state index >= 15 is 0 Å². The average molecular weight is 440 g/mol. The first-order valence-electron chi connectivity index (χ1n) is 9.39. The number of carbonyl (C=O) groups is 1. The Labute approximate surface area is 183 Å². The van der Waals surface area contributed by atoms with Crippen LogP contribution in [0.4, 0.5) is 0 Å². The van der Waals surface area contributed by atoms with Crippen molar-refractivity contribution in [1.29, 1.82) is 5.41 Å². The van der Waals surface area contributed by atoms with Gasteiger partial charge in [0.05, 0.1) is 12.7 Å². The maximum Gasteiger partial charge on any atom is 0.283 e. The number of carbonyl (C=O) groups excluding carboxylic acids is 1. The Morgan fingerprint density at radius 2 is 2.00 bits per heavy atom. The van der Waals surface area contributed by atoms with E-state index in [-0.39, 0.29) is 11.4 Å². The molecule has 7 nitrogen and oxygen atoms in total. The Kier molecular flexibility index (Phi) is 5.57. The van der Waals surface area contributed by atoms with Crippen LogP contribution in [0.25, 0.3) is 11.8 Å². The molecule has 0 unspecified atom stereocenters. The van der Waals surface area contributed by atoms with Crippen molar-refractivity contribution in [2.24, 2.45) is 10.1 Å². The highest BCUT2D eigenvalue weighted by Crippen LogP contribution is 2.33. The molecule has 1 aromatic carbocycles. The van der Waals surface area contributed by atoms with Gasteiger partial charge >= 0.3 is 0 Å². The number of amidine groups is 2. The Morgan fingerprint density at radius 3 is 2.67 bits per heavy atom. The lowest BCUT2D eigenvalue weighted by atomic mass is 10.1. The summed E-state index contributed by atoms with van der Waals surface area (Å²) in [5.74, 6) is 1.31. The van der Waals surface area contributed by atoms with Gasteiger partial charge in [-0.25, -0.2) is 0 Å². The van der Waals surface area contributed by atoms with E-state index in [4.69, 9.17) is 10.1 Å². The summed E-state index contributed by atoms with van der Waals surface area (Å²) in [6.07, 6.45) is 1.73. The minimum absolute atomic E-state index is 0.0541. The van der Waals surface area contributed by atoms with Gasteiger partial charge in [-0.05, 0) is 73.3 Å². The first-order chi connectivity index (χ1) is 14.4. The molecule has 0 saturated carbocycles. The molecule has 0 spiro atoms. The molecule has 4 rings (SSSR count). The van der Waals surface area contributed by atoms with E-state index in [9.17, 15) is 4.79 Å². The number of nitrogens with one attached hydrogen (secondary N) is 1. The Bertz CT molecular complexity index is 1130. The number of hydrogen-bond acceptors (Lipinski definition) is 6. The van der Waals surface area contributed by atoms with Gasteiger partial charge in [0.25, 0.3) is 5.91 Å². The van der Waals surface area contributed by atoms with Gasteiger partial charge in [0.1, 0.15) is 5.75 Å². The molecule has 0 atom stereocenters. The third-order valence-electron chi connectivity index (χ3n) is 4.80. The predicted octanol–water partition coefficient (Wildman–Crippen LogP) is 4.43. The molecule has 9 heteroatoms. The highest BCUT2D eigenvalue weighted by Gasteiger charge is 2.35. The summed E-state index contributed by atoms with van der Waals surface area (Å²) in [5.41, 5.74) is 4.11. The number of methoxy groups -OCH3 is 1. The van der Waals surface area contributed by atoms with Gasteiger partial charge in [0.15, 0.2) is 10.2 Å². The summed E-state index contributed by atoms with van der Waals surface area (Å²) >= 11 is 2.90. The molecule has 30 heavy (non-hydrogen) atoms. The average Bonchev–Trinajstić information content (AvgIpc) is 3.25. The molecule has 1 amide bonds. The maximum atomic E-state index is 12.6. The summed E-state index contributed by atoms with van der Waals surface area (Å²) in [6, 6.07) is 9.81. The number of thioether (sulfide) groups is 2. The van der Waals surface area contributed by atoms with E-state index < -0.39 is 5.91 Å². The highest BCUT2D eigenvalue weighted by molar-refractivity contribution is 8.45. The van der Waals surface area contributed by atoms with Crippen molar-refractivity contribution >= 4 is 50.9 Å². The Hall–Kier alpha value is -2.78. The lowest BCUT2D eigenvalue weighted by Gasteiger charge is -2.20. The van der Waals surface area contributed by atoms with Crippen LogP contribution in [0.2, 0.25) is 0 Å². The maximum absolute atomic E-state index is 12.6. The van der Waals surface area contributed by atoms with E-state index in [1.165, 1.54) is 16.8 Å². The normalized spacial score (nSPS) is 17.3. The number of aliphatic imine (C=N–C) groups is 1. The van der Waals surface area contributed by atoms with E-state index in [1.54, 1.807) is 24.9 Å². The van der Waals surface area contributed by atoms with Gasteiger partial charge in [0.2, 0.25) is 5.17 Å². The molecule has 0 saturated heterocycles. The van der Waals surface area contributed by atoms with Gasteiger partial charge in [0, 0.05) is 17.1 Å². The Morgan fingerprint density at radius 1 is 1.27 bits per heavy atom. The van der Waals surface area contributed by atoms with Crippen LogP contribution in [-0.2, 0) is 4.79 Å². The molecule has 0 aliphatic carbocycles. The number of aryl methyl sites for hydroxylation is 1. The van der Waals surface area contributed by atoms with E-state index in [0.717, 1.165) is 38.5 Å². The number of ether oxygens (including phenoxy) is 1. The zero-order chi connectivity index (χ0) is 21.4. The van der Waals surface area contributed by atoms with Crippen LogP contribution in [-0.4, -0.2) is 43.7 Å². The zero-order valence-corrected chi connectivity index (χ0v) is 18.7. The molecule has 0 radical (unpaired) electrons. The lowest BCUT2D eigenvalue weighted by molar-refractivity contribution is -0.114. The summed E-state index contributed by atoms with van der Waals surface area (Å²) < 4.78 is 8.15. The van der Waals surface area contributed by atoms with Crippen LogP contribution in [0.15, 0.2) is 46.0 Å². The first kappa shape index (κ1) is 20.5. The monoisotopic (exact) mass is 439 g/mol. The van der Waals surface area contributed by atoms with Crippen LogP contribution in [0.3, 0.4) is 0 Å². The second-order valence-corrected chi connectivity index (χ2v) is 9.15. The van der Waals surface area contributed by atoms with Crippen molar-refractivity contribution in [3.8, 4) is 11.4 Å². The van der Waals surface area contributed by atoms with Gasteiger partial charge in [-0.15, -0.1) is 5.10 Å². The van der Waals surface area contributed by atoms with Crippen molar-refractivity contribution in [3.63, 3.8) is 0 Å². The summed E-state index contributed by atoms with van der Waals surface area (Å²) in [7, 11) is 1.64. The quantitative estimate of drug-likeness (QED) is 0.713.